The molecule has 20 heavy (non-hydrogen) atoms. The number of esters is 1. The van der Waals surface area contributed by atoms with Crippen LogP contribution >= 0.6 is 0 Å². The van der Waals surface area contributed by atoms with Crippen molar-refractivity contribution >= 4 is 11.8 Å². The highest BCUT2D eigenvalue weighted by Crippen LogP contribution is 2.12. The largest absolute Gasteiger partial charge is 0.450 e. The van der Waals surface area contributed by atoms with Crippen molar-refractivity contribution in [1.29, 1.82) is 0 Å². The lowest BCUT2D eigenvalue weighted by Crippen LogP contribution is -2.26. The Hall–Kier alpha value is -2.42. The Morgan fingerprint density at radius 3 is 1.90 bits per heavy atom. The number of hydrogen-bond donors (Lipinski definition) is 0. The summed E-state index contributed by atoms with van der Waals surface area (Å²) in [5.41, 5.74) is 1.01. The number of benzene rings is 2. The van der Waals surface area contributed by atoms with Crippen molar-refractivity contribution < 1.29 is 14.3 Å². The molecule has 1 unspecified atom stereocenters. The lowest BCUT2D eigenvalue weighted by molar-refractivity contribution is 0.0277. The second-order valence-corrected chi connectivity index (χ2v) is 4.40. The highest BCUT2D eigenvalue weighted by molar-refractivity contribution is 6.01. The van der Waals surface area contributed by atoms with Crippen LogP contribution in [0.25, 0.3) is 0 Å². The third-order valence-corrected chi connectivity index (χ3v) is 2.98. The third-order valence-electron chi connectivity index (χ3n) is 2.98. The quantitative estimate of drug-likeness (QED) is 0.615. The van der Waals surface area contributed by atoms with Gasteiger partial charge in [-0.3, -0.25) is 4.79 Å². The van der Waals surface area contributed by atoms with Gasteiger partial charge in [-0.05, 0) is 18.6 Å². The molecule has 3 nitrogen and oxygen atoms in total. The number of hydrogen-bond acceptors (Lipinski definition) is 3. The second-order valence-electron chi connectivity index (χ2n) is 4.40. The van der Waals surface area contributed by atoms with Crippen molar-refractivity contribution in [1.82, 2.24) is 0 Å². The lowest BCUT2D eigenvalue weighted by atomic mass is 10.0. The molecule has 0 amide bonds. The van der Waals surface area contributed by atoms with Gasteiger partial charge in [-0.1, -0.05) is 55.5 Å². The zero-order valence-electron chi connectivity index (χ0n) is 11.3. The highest BCUT2D eigenvalue weighted by atomic mass is 16.5. The van der Waals surface area contributed by atoms with Gasteiger partial charge >= 0.3 is 5.97 Å². The number of carbonyl (C=O) groups excluding carboxylic acids is 2. The number of ether oxygens (including phenoxy) is 1. The predicted octanol–water partition coefficient (Wildman–Crippen LogP) is 3.50. The van der Waals surface area contributed by atoms with Crippen molar-refractivity contribution in [2.24, 2.45) is 0 Å². The summed E-state index contributed by atoms with van der Waals surface area (Å²) in [5.74, 6) is -0.640. The van der Waals surface area contributed by atoms with E-state index in [1.807, 2.05) is 19.1 Å². The standard InChI is InChI=1S/C17H16O3/c1-2-15(16(18)13-9-5-3-6-10-13)20-17(19)14-11-7-4-8-12-14/h3-12,15H,2H2,1H3. The first-order chi connectivity index (χ1) is 9.72. The van der Waals surface area contributed by atoms with Gasteiger partial charge in [-0.15, -0.1) is 0 Å². The average Bonchev–Trinajstić information content (AvgIpc) is 2.53. The predicted molar refractivity (Wildman–Crippen MR) is 76.7 cm³/mol. The van der Waals surface area contributed by atoms with E-state index >= 15 is 0 Å². The molecule has 0 heterocycles. The van der Waals surface area contributed by atoms with E-state index in [0.717, 1.165) is 0 Å². The average molecular weight is 268 g/mol. The van der Waals surface area contributed by atoms with Gasteiger partial charge < -0.3 is 4.74 Å². The SMILES string of the molecule is CCC(OC(=O)c1ccccc1)C(=O)c1ccccc1. The van der Waals surface area contributed by atoms with E-state index < -0.39 is 12.1 Å². The van der Waals surface area contributed by atoms with Crippen LogP contribution in [0, 0.1) is 0 Å². The maximum absolute atomic E-state index is 12.3. The molecule has 0 radical (unpaired) electrons. The van der Waals surface area contributed by atoms with Gasteiger partial charge in [0, 0.05) is 5.56 Å². The third kappa shape index (κ3) is 3.32. The minimum absolute atomic E-state index is 0.169. The van der Waals surface area contributed by atoms with Gasteiger partial charge in [0.15, 0.2) is 6.10 Å². The highest BCUT2D eigenvalue weighted by Gasteiger charge is 2.22. The molecule has 102 valence electrons. The Balaban J connectivity index is 2.10. The molecule has 2 aromatic rings. The van der Waals surface area contributed by atoms with E-state index in [4.69, 9.17) is 4.74 Å². The molecular formula is C17H16O3. The molecule has 0 aliphatic carbocycles. The summed E-state index contributed by atoms with van der Waals surface area (Å²) in [6.07, 6.45) is -0.295. The van der Waals surface area contributed by atoms with Crippen LogP contribution in [-0.2, 0) is 4.74 Å². The Morgan fingerprint density at radius 2 is 1.40 bits per heavy atom. The van der Waals surface area contributed by atoms with Crippen LogP contribution in [0.2, 0.25) is 0 Å². The van der Waals surface area contributed by atoms with Crippen molar-refractivity contribution in [2.75, 3.05) is 0 Å². The first-order valence-corrected chi connectivity index (χ1v) is 6.57. The summed E-state index contributed by atoms with van der Waals surface area (Å²) in [4.78, 5) is 24.2. The normalized spacial score (nSPS) is 11.7. The summed E-state index contributed by atoms with van der Waals surface area (Å²) in [5, 5.41) is 0. The maximum Gasteiger partial charge on any atom is 0.338 e. The van der Waals surface area contributed by atoms with Crippen LogP contribution < -0.4 is 0 Å². The smallest absolute Gasteiger partial charge is 0.338 e. The summed E-state index contributed by atoms with van der Waals surface area (Å²) < 4.78 is 5.31. The Morgan fingerprint density at radius 1 is 0.900 bits per heavy atom. The molecule has 1 atom stereocenters. The molecule has 0 N–H and O–H groups in total. The summed E-state index contributed by atoms with van der Waals surface area (Å²) in [6, 6.07) is 17.6. The summed E-state index contributed by atoms with van der Waals surface area (Å²) in [6.45, 7) is 1.82. The van der Waals surface area contributed by atoms with E-state index in [9.17, 15) is 9.59 Å². The van der Waals surface area contributed by atoms with E-state index in [1.165, 1.54) is 0 Å². The second kappa shape index (κ2) is 6.66. The van der Waals surface area contributed by atoms with Crippen LogP contribution in [0.1, 0.15) is 34.1 Å². The van der Waals surface area contributed by atoms with Crippen molar-refractivity contribution in [3.63, 3.8) is 0 Å². The molecule has 0 spiro atoms. The maximum atomic E-state index is 12.3. The Bertz CT molecular complexity index is 576. The molecule has 0 fully saturated rings. The topological polar surface area (TPSA) is 43.4 Å². The minimum atomic E-state index is -0.745. The Labute approximate surface area is 118 Å². The fourth-order valence-corrected chi connectivity index (χ4v) is 1.88. The summed E-state index contributed by atoms with van der Waals surface area (Å²) in [7, 11) is 0. The van der Waals surface area contributed by atoms with E-state index in [0.29, 0.717) is 17.5 Å². The van der Waals surface area contributed by atoms with Crippen LogP contribution in [0.5, 0.6) is 0 Å². The fraction of sp³-hybridized carbons (Fsp3) is 0.176. The zero-order chi connectivity index (χ0) is 14.4. The van der Waals surface area contributed by atoms with Crippen LogP contribution in [0.3, 0.4) is 0 Å². The molecule has 0 saturated heterocycles. The molecule has 0 saturated carbocycles. The van der Waals surface area contributed by atoms with Crippen LogP contribution in [0.4, 0.5) is 0 Å². The van der Waals surface area contributed by atoms with E-state index in [2.05, 4.69) is 0 Å². The molecule has 0 aliphatic rings. The summed E-state index contributed by atoms with van der Waals surface area (Å²) >= 11 is 0. The van der Waals surface area contributed by atoms with Gasteiger partial charge in [0.05, 0.1) is 5.56 Å². The molecular weight excluding hydrogens is 252 g/mol. The molecule has 3 heteroatoms. The number of Topliss-reactive ketones (excluding diaryl/α,β-unsaturated/α-hetero) is 1. The number of ketones is 1. The first kappa shape index (κ1) is 14.0. The number of rotatable bonds is 5. The van der Waals surface area contributed by atoms with Gasteiger partial charge in [-0.2, -0.15) is 0 Å². The van der Waals surface area contributed by atoms with Crippen molar-refractivity contribution in [3.8, 4) is 0 Å². The number of carbonyl (C=O) groups is 2. The van der Waals surface area contributed by atoms with Crippen molar-refractivity contribution in [2.45, 2.75) is 19.4 Å². The monoisotopic (exact) mass is 268 g/mol. The van der Waals surface area contributed by atoms with Crippen LogP contribution in [0.15, 0.2) is 60.7 Å². The molecule has 2 rings (SSSR count). The van der Waals surface area contributed by atoms with Gasteiger partial charge in [0.25, 0.3) is 0 Å². The van der Waals surface area contributed by atoms with Crippen molar-refractivity contribution in [3.05, 3.63) is 71.8 Å². The van der Waals surface area contributed by atoms with Gasteiger partial charge in [0.2, 0.25) is 5.78 Å². The lowest BCUT2D eigenvalue weighted by Gasteiger charge is -2.15. The zero-order valence-corrected chi connectivity index (χ0v) is 11.3. The molecule has 2 aromatic carbocycles. The first-order valence-electron chi connectivity index (χ1n) is 6.57. The van der Waals surface area contributed by atoms with Crippen LogP contribution in [-0.4, -0.2) is 17.9 Å². The molecule has 0 aliphatic heterocycles. The van der Waals surface area contributed by atoms with Gasteiger partial charge in [-0.25, -0.2) is 4.79 Å². The minimum Gasteiger partial charge on any atom is -0.450 e. The van der Waals surface area contributed by atoms with E-state index in [-0.39, 0.29) is 5.78 Å². The van der Waals surface area contributed by atoms with Gasteiger partial charge in [0.1, 0.15) is 0 Å². The molecule has 0 aromatic heterocycles. The Kier molecular flexibility index (Phi) is 4.66. The van der Waals surface area contributed by atoms with E-state index in [1.54, 1.807) is 48.5 Å². The molecule has 0 bridgehead atoms. The fourth-order valence-electron chi connectivity index (χ4n) is 1.88.